The van der Waals surface area contributed by atoms with E-state index in [1.165, 1.54) is 25.7 Å². The van der Waals surface area contributed by atoms with Crippen molar-refractivity contribution in [2.75, 3.05) is 0 Å². The zero-order chi connectivity index (χ0) is 10.7. The molecule has 0 spiro atoms. The van der Waals surface area contributed by atoms with Gasteiger partial charge < -0.3 is 0 Å². The van der Waals surface area contributed by atoms with E-state index >= 15 is 0 Å². The minimum atomic E-state index is -2.73. The molecular formula is C12H22O2P+. The maximum Gasteiger partial charge on any atom is 0.298 e. The summed E-state index contributed by atoms with van der Waals surface area (Å²) in [5, 5.41) is 1.00. The fraction of sp³-hybridized carbons (Fsp3) is 0.833. The van der Waals surface area contributed by atoms with Crippen LogP contribution in [0.3, 0.4) is 0 Å². The van der Waals surface area contributed by atoms with E-state index in [1.807, 2.05) is 0 Å². The van der Waals surface area contributed by atoms with Gasteiger partial charge in [-0.15, -0.1) is 0 Å². The minimum absolute atomic E-state index is 0.190. The van der Waals surface area contributed by atoms with Gasteiger partial charge in [-0.2, -0.15) is 0 Å². The molecular weight excluding hydrogens is 207 g/mol. The second kappa shape index (κ2) is 4.95. The Labute approximate surface area is 92.9 Å². The molecule has 0 aromatic carbocycles. The Morgan fingerprint density at radius 1 is 1.00 bits per heavy atom. The van der Waals surface area contributed by atoms with Crippen LogP contribution in [0.15, 0.2) is 11.4 Å². The van der Waals surface area contributed by atoms with Crippen molar-refractivity contribution < 1.29 is 9.79 Å². The van der Waals surface area contributed by atoms with Crippen molar-refractivity contribution in [3.63, 3.8) is 0 Å². The molecule has 2 aliphatic carbocycles. The van der Waals surface area contributed by atoms with Crippen LogP contribution in [0.25, 0.3) is 0 Å². The first-order chi connectivity index (χ1) is 7.21. The molecule has 2 nitrogen and oxygen atoms in total. The maximum atomic E-state index is 10.4. The van der Waals surface area contributed by atoms with E-state index in [-0.39, 0.29) is 5.66 Å². The quantitative estimate of drug-likeness (QED) is 0.710. The topological polar surface area (TPSA) is 40.5 Å². The first-order valence-electron chi connectivity index (χ1n) is 6.25. The van der Waals surface area contributed by atoms with Gasteiger partial charge in [0.15, 0.2) is 0 Å². The fourth-order valence-corrected chi connectivity index (χ4v) is 5.23. The molecule has 1 fully saturated rings. The molecule has 2 aliphatic rings. The Hall–Kier alpha value is 0.0900. The lowest BCUT2D eigenvalue weighted by atomic mass is 10.0. The predicted molar refractivity (Wildman–Crippen MR) is 64.8 cm³/mol. The second-order valence-corrected chi connectivity index (χ2v) is 7.49. The van der Waals surface area contributed by atoms with Crippen LogP contribution in [0.4, 0.5) is 0 Å². The lowest BCUT2D eigenvalue weighted by molar-refractivity contribution is 0.397. The summed E-state index contributed by atoms with van der Waals surface area (Å²) in [5.74, 6) is 0. The lowest BCUT2D eigenvalue weighted by Gasteiger charge is -2.28. The van der Waals surface area contributed by atoms with Crippen molar-refractivity contribution in [1.82, 2.24) is 0 Å². The van der Waals surface area contributed by atoms with Crippen LogP contribution in [-0.4, -0.2) is 15.4 Å². The summed E-state index contributed by atoms with van der Waals surface area (Å²) in [6, 6.07) is 0. The number of rotatable bonds is 2. The molecule has 0 atom stereocenters. The van der Waals surface area contributed by atoms with E-state index in [4.69, 9.17) is 0 Å². The minimum Gasteiger partial charge on any atom is -0.215 e. The van der Waals surface area contributed by atoms with Crippen molar-refractivity contribution in [2.24, 2.45) is 0 Å². The average Bonchev–Trinajstić information content (AvgIpc) is 2.31. The van der Waals surface area contributed by atoms with Crippen LogP contribution in [0.2, 0.25) is 0 Å². The van der Waals surface area contributed by atoms with Crippen LogP contribution >= 0.6 is 7.72 Å². The van der Waals surface area contributed by atoms with Crippen molar-refractivity contribution in [2.45, 2.75) is 63.4 Å². The largest absolute Gasteiger partial charge is 0.298 e. The zero-order valence-electron chi connectivity index (χ0n) is 9.36. The average molecular weight is 229 g/mol. The van der Waals surface area contributed by atoms with E-state index in [0.29, 0.717) is 0 Å². The Morgan fingerprint density at radius 2 is 1.73 bits per heavy atom. The standard InChI is InChI=1S/C12H22O2P/c13-15(14,11-7-3-1-4-8-11)12-9-5-2-6-10-12/h7,12-14H,1-6,8-10H2/q+1. The highest BCUT2D eigenvalue weighted by Gasteiger charge is 2.47. The van der Waals surface area contributed by atoms with Gasteiger partial charge in [-0.25, -0.2) is 9.79 Å². The molecule has 15 heavy (non-hydrogen) atoms. The third-order valence-corrected chi connectivity index (χ3v) is 6.56. The van der Waals surface area contributed by atoms with Gasteiger partial charge in [-0.1, -0.05) is 6.42 Å². The molecule has 0 unspecified atom stereocenters. The number of allylic oxidation sites excluding steroid dienone is 2. The van der Waals surface area contributed by atoms with Crippen molar-refractivity contribution in [3.05, 3.63) is 11.4 Å². The summed E-state index contributed by atoms with van der Waals surface area (Å²) in [5.41, 5.74) is 0.190. The lowest BCUT2D eigenvalue weighted by Crippen LogP contribution is -2.19. The molecule has 0 radical (unpaired) electrons. The molecule has 0 aromatic rings. The predicted octanol–water partition coefficient (Wildman–Crippen LogP) is 3.61. The van der Waals surface area contributed by atoms with Crippen LogP contribution in [0, 0.1) is 0 Å². The van der Waals surface area contributed by atoms with Gasteiger partial charge in [0, 0.05) is 6.42 Å². The first kappa shape index (κ1) is 11.6. The van der Waals surface area contributed by atoms with Gasteiger partial charge in [-0.05, 0) is 51.0 Å². The van der Waals surface area contributed by atoms with Crippen LogP contribution in [0.1, 0.15) is 57.8 Å². The van der Waals surface area contributed by atoms with Crippen molar-refractivity contribution >= 4 is 7.72 Å². The molecule has 1 saturated carbocycles. The smallest absolute Gasteiger partial charge is 0.215 e. The van der Waals surface area contributed by atoms with Gasteiger partial charge in [0.25, 0.3) is 7.72 Å². The Balaban J connectivity index is 2.06. The summed E-state index contributed by atoms with van der Waals surface area (Å²) < 4.78 is 0. The van der Waals surface area contributed by atoms with Gasteiger partial charge in [0.1, 0.15) is 11.0 Å². The molecule has 3 heteroatoms. The Morgan fingerprint density at radius 3 is 2.33 bits per heavy atom. The highest BCUT2D eigenvalue weighted by Crippen LogP contribution is 2.67. The molecule has 0 aromatic heterocycles. The van der Waals surface area contributed by atoms with E-state index in [9.17, 15) is 9.79 Å². The molecule has 86 valence electrons. The summed E-state index contributed by atoms with van der Waals surface area (Å²) in [7, 11) is -2.73. The normalized spacial score (nSPS) is 25.1. The molecule has 0 heterocycles. The maximum absolute atomic E-state index is 10.4. The van der Waals surface area contributed by atoms with E-state index in [0.717, 1.165) is 37.4 Å². The monoisotopic (exact) mass is 229 g/mol. The number of hydrogen-bond acceptors (Lipinski definition) is 2. The highest BCUT2D eigenvalue weighted by molar-refractivity contribution is 7.69. The summed E-state index contributed by atoms with van der Waals surface area (Å²) in [6.07, 6.45) is 12.1. The third-order valence-electron chi connectivity index (χ3n) is 3.77. The molecule has 0 bridgehead atoms. The van der Waals surface area contributed by atoms with Crippen molar-refractivity contribution in [3.8, 4) is 0 Å². The van der Waals surface area contributed by atoms with E-state index < -0.39 is 7.72 Å². The molecule has 0 amide bonds. The highest BCUT2D eigenvalue weighted by atomic mass is 31.2. The van der Waals surface area contributed by atoms with Gasteiger partial charge in [0.2, 0.25) is 0 Å². The molecule has 0 saturated heterocycles. The first-order valence-corrected chi connectivity index (χ1v) is 8.01. The van der Waals surface area contributed by atoms with E-state index in [2.05, 4.69) is 6.08 Å². The summed E-state index contributed by atoms with van der Waals surface area (Å²) in [6.45, 7) is 0. The van der Waals surface area contributed by atoms with E-state index in [1.54, 1.807) is 0 Å². The van der Waals surface area contributed by atoms with Gasteiger partial charge in [0.05, 0.1) is 0 Å². The van der Waals surface area contributed by atoms with Crippen LogP contribution in [-0.2, 0) is 0 Å². The van der Waals surface area contributed by atoms with Crippen LogP contribution < -0.4 is 0 Å². The molecule has 2 rings (SSSR count). The van der Waals surface area contributed by atoms with Crippen molar-refractivity contribution in [1.29, 1.82) is 0 Å². The van der Waals surface area contributed by atoms with Crippen LogP contribution in [0.5, 0.6) is 0 Å². The molecule has 0 aliphatic heterocycles. The van der Waals surface area contributed by atoms with Gasteiger partial charge in [-0.3, -0.25) is 0 Å². The zero-order valence-corrected chi connectivity index (χ0v) is 10.3. The summed E-state index contributed by atoms with van der Waals surface area (Å²) >= 11 is 0. The SMILES string of the molecule is O[P+](O)(C1=CCCCC1)C1CCCCC1. The molecule has 2 N–H and O–H groups in total. The summed E-state index contributed by atoms with van der Waals surface area (Å²) in [4.78, 5) is 20.7. The Kier molecular flexibility index (Phi) is 3.82. The Bertz CT molecular complexity index is 242. The second-order valence-electron chi connectivity index (χ2n) is 4.88. The van der Waals surface area contributed by atoms with Gasteiger partial charge >= 0.3 is 0 Å². The fourth-order valence-electron chi connectivity index (χ4n) is 2.80. The number of hydrogen-bond donors (Lipinski definition) is 2. The third kappa shape index (κ3) is 2.61.